The van der Waals surface area contributed by atoms with E-state index >= 15 is 0 Å². The lowest BCUT2D eigenvalue weighted by Gasteiger charge is -2.41. The molecule has 1 aliphatic rings. The predicted molar refractivity (Wildman–Crippen MR) is 71.7 cm³/mol. The molecule has 0 saturated carbocycles. The number of piperidine rings is 1. The average Bonchev–Trinajstić information content (AvgIpc) is 2.41. The van der Waals surface area contributed by atoms with Gasteiger partial charge >= 0.3 is 5.97 Å². The molecule has 0 aliphatic carbocycles. The quantitative estimate of drug-likeness (QED) is 0.810. The summed E-state index contributed by atoms with van der Waals surface area (Å²) in [7, 11) is 0. The van der Waals surface area contributed by atoms with Crippen molar-refractivity contribution in [3.8, 4) is 0 Å². The highest BCUT2D eigenvalue weighted by atomic mass is 19.1. The van der Waals surface area contributed by atoms with Crippen molar-refractivity contribution in [3.05, 3.63) is 29.6 Å². The minimum absolute atomic E-state index is 0.0133. The minimum Gasteiger partial charge on any atom is -0.480 e. The van der Waals surface area contributed by atoms with Gasteiger partial charge in [-0.3, -0.25) is 4.79 Å². The summed E-state index contributed by atoms with van der Waals surface area (Å²) in [6, 6.07) is 3.97. The normalized spacial score (nSPS) is 22.6. The van der Waals surface area contributed by atoms with Crippen LogP contribution < -0.4 is 5.73 Å². The molecule has 5 nitrogen and oxygen atoms in total. The topological polar surface area (TPSA) is 83.6 Å². The molecular formula is C14H17FN2O3. The number of aliphatic carboxylic acids is 1. The molecule has 6 heteroatoms. The minimum atomic E-state index is -1.27. The zero-order chi connectivity index (χ0) is 14.9. The number of rotatable bonds is 2. The van der Waals surface area contributed by atoms with Gasteiger partial charge in [0.1, 0.15) is 11.4 Å². The van der Waals surface area contributed by atoms with Crippen LogP contribution in [0.15, 0.2) is 18.2 Å². The van der Waals surface area contributed by atoms with Gasteiger partial charge < -0.3 is 15.7 Å². The van der Waals surface area contributed by atoms with Gasteiger partial charge in [0.25, 0.3) is 5.91 Å². The number of carbonyl (C=O) groups is 2. The Kier molecular flexibility index (Phi) is 3.65. The van der Waals surface area contributed by atoms with Crippen molar-refractivity contribution in [2.75, 3.05) is 12.3 Å². The van der Waals surface area contributed by atoms with Crippen LogP contribution in [0.5, 0.6) is 0 Å². The first-order valence-electron chi connectivity index (χ1n) is 6.47. The van der Waals surface area contributed by atoms with E-state index in [1.807, 2.05) is 0 Å². The molecule has 0 spiro atoms. The number of benzene rings is 1. The van der Waals surface area contributed by atoms with Crippen LogP contribution in [0.3, 0.4) is 0 Å². The Morgan fingerprint density at radius 2 is 2.10 bits per heavy atom. The van der Waals surface area contributed by atoms with Crippen molar-refractivity contribution < 1.29 is 19.1 Å². The summed E-state index contributed by atoms with van der Waals surface area (Å²) in [6.45, 7) is 1.85. The van der Waals surface area contributed by atoms with Gasteiger partial charge in [0.05, 0.1) is 11.3 Å². The molecule has 0 radical (unpaired) electrons. The summed E-state index contributed by atoms with van der Waals surface area (Å²) in [5.74, 6) is -2.27. The van der Waals surface area contributed by atoms with Crippen molar-refractivity contribution >= 4 is 17.6 Å². The molecule has 1 atom stereocenters. The number of hydrogen-bond donors (Lipinski definition) is 2. The number of likely N-dealkylation sites (tertiary alicyclic amines) is 1. The average molecular weight is 280 g/mol. The van der Waals surface area contributed by atoms with Gasteiger partial charge in [-0.1, -0.05) is 6.07 Å². The lowest BCUT2D eigenvalue weighted by molar-refractivity contribution is -0.150. The van der Waals surface area contributed by atoms with Gasteiger partial charge in [-0.25, -0.2) is 9.18 Å². The fraction of sp³-hybridized carbons (Fsp3) is 0.429. The lowest BCUT2D eigenvalue weighted by atomic mass is 9.87. The number of carboxylic acid groups (broad SMARTS) is 1. The lowest BCUT2D eigenvalue weighted by Crippen LogP contribution is -2.57. The summed E-state index contributed by atoms with van der Waals surface area (Å²) in [6.07, 6.45) is 1.85. The molecule has 108 valence electrons. The number of carbonyl (C=O) groups excluding carboxylic acids is 1. The molecule has 1 saturated heterocycles. The third-order valence-corrected chi connectivity index (χ3v) is 3.88. The van der Waals surface area contributed by atoms with Crippen LogP contribution >= 0.6 is 0 Å². The molecule has 20 heavy (non-hydrogen) atoms. The van der Waals surface area contributed by atoms with E-state index in [9.17, 15) is 19.1 Å². The number of nitrogen functional groups attached to an aromatic ring is 1. The fourth-order valence-corrected chi connectivity index (χ4v) is 2.54. The van der Waals surface area contributed by atoms with Gasteiger partial charge in [-0.15, -0.1) is 0 Å². The first-order chi connectivity index (χ1) is 9.38. The van der Waals surface area contributed by atoms with E-state index in [1.54, 1.807) is 0 Å². The first kappa shape index (κ1) is 14.3. The van der Waals surface area contributed by atoms with E-state index < -0.39 is 23.2 Å². The number of nitrogens with zero attached hydrogens (tertiary/aromatic N) is 1. The van der Waals surface area contributed by atoms with Crippen LogP contribution in [0.2, 0.25) is 0 Å². The molecular weight excluding hydrogens is 263 g/mol. The van der Waals surface area contributed by atoms with E-state index in [1.165, 1.54) is 30.0 Å². The van der Waals surface area contributed by atoms with Crippen molar-refractivity contribution in [2.45, 2.75) is 31.7 Å². The van der Waals surface area contributed by atoms with Crippen LogP contribution in [0.4, 0.5) is 10.1 Å². The van der Waals surface area contributed by atoms with Crippen molar-refractivity contribution in [1.82, 2.24) is 4.90 Å². The Labute approximate surface area is 116 Å². The molecule has 3 N–H and O–H groups in total. The molecule has 0 bridgehead atoms. The van der Waals surface area contributed by atoms with Crippen molar-refractivity contribution in [3.63, 3.8) is 0 Å². The van der Waals surface area contributed by atoms with Gasteiger partial charge in [0.15, 0.2) is 0 Å². The van der Waals surface area contributed by atoms with Crippen LogP contribution in [-0.2, 0) is 4.79 Å². The van der Waals surface area contributed by atoms with Crippen LogP contribution in [-0.4, -0.2) is 34.0 Å². The molecule has 1 unspecified atom stereocenters. The van der Waals surface area contributed by atoms with Gasteiger partial charge in [-0.2, -0.15) is 0 Å². The molecule has 0 aromatic heterocycles. The highest BCUT2D eigenvalue weighted by Crippen LogP contribution is 2.31. The molecule has 1 amide bonds. The molecule has 1 aromatic carbocycles. The predicted octanol–water partition coefficient (Wildman–Crippen LogP) is 1.88. The molecule has 1 aromatic rings. The van der Waals surface area contributed by atoms with E-state index in [2.05, 4.69) is 0 Å². The summed E-state index contributed by atoms with van der Waals surface area (Å²) in [5, 5.41) is 9.39. The summed E-state index contributed by atoms with van der Waals surface area (Å²) in [5.41, 5.74) is 4.09. The second-order valence-corrected chi connectivity index (χ2v) is 5.19. The summed E-state index contributed by atoms with van der Waals surface area (Å²) >= 11 is 0. The summed E-state index contributed by atoms with van der Waals surface area (Å²) < 4.78 is 13.4. The third-order valence-electron chi connectivity index (χ3n) is 3.88. The maximum Gasteiger partial charge on any atom is 0.329 e. The number of nitrogens with two attached hydrogens (primary N) is 1. The summed E-state index contributed by atoms with van der Waals surface area (Å²) in [4.78, 5) is 25.3. The zero-order valence-electron chi connectivity index (χ0n) is 11.2. The van der Waals surface area contributed by atoms with Crippen LogP contribution in [0, 0.1) is 5.82 Å². The maximum atomic E-state index is 13.4. The Balaban J connectivity index is 2.40. The highest BCUT2D eigenvalue weighted by Gasteiger charge is 2.44. The van der Waals surface area contributed by atoms with E-state index in [-0.39, 0.29) is 11.3 Å². The zero-order valence-corrected chi connectivity index (χ0v) is 11.2. The number of para-hydroxylation sites is 1. The van der Waals surface area contributed by atoms with Crippen LogP contribution in [0.25, 0.3) is 0 Å². The largest absolute Gasteiger partial charge is 0.480 e. The Bertz CT molecular complexity index is 561. The number of anilines is 1. The monoisotopic (exact) mass is 280 g/mol. The fourth-order valence-electron chi connectivity index (χ4n) is 2.54. The van der Waals surface area contributed by atoms with Gasteiger partial charge in [0.2, 0.25) is 0 Å². The number of amides is 1. The van der Waals surface area contributed by atoms with E-state index in [0.29, 0.717) is 13.0 Å². The number of halogens is 1. The maximum absolute atomic E-state index is 13.4. The highest BCUT2D eigenvalue weighted by molar-refractivity contribution is 6.01. The number of hydrogen-bond acceptors (Lipinski definition) is 3. The first-order valence-corrected chi connectivity index (χ1v) is 6.47. The standard InChI is InChI=1S/C14H17FN2O3/c1-14(13(19)20)7-2-3-8-17(14)12(18)9-5-4-6-10(15)11(9)16/h4-6H,2-3,7-8,16H2,1H3,(H,19,20). The van der Waals surface area contributed by atoms with Crippen molar-refractivity contribution in [2.24, 2.45) is 0 Å². The molecule has 2 rings (SSSR count). The second kappa shape index (κ2) is 5.11. The smallest absolute Gasteiger partial charge is 0.329 e. The number of carboxylic acids is 1. The molecule has 1 aliphatic heterocycles. The van der Waals surface area contributed by atoms with E-state index in [4.69, 9.17) is 5.73 Å². The van der Waals surface area contributed by atoms with E-state index in [0.717, 1.165) is 12.8 Å². The Hall–Kier alpha value is -2.11. The Morgan fingerprint density at radius 1 is 1.40 bits per heavy atom. The molecule has 1 fully saturated rings. The Morgan fingerprint density at radius 3 is 2.75 bits per heavy atom. The third kappa shape index (κ3) is 2.21. The second-order valence-electron chi connectivity index (χ2n) is 5.19. The van der Waals surface area contributed by atoms with Crippen LogP contribution in [0.1, 0.15) is 36.5 Å². The van der Waals surface area contributed by atoms with Gasteiger partial charge in [0, 0.05) is 6.54 Å². The molecule has 1 heterocycles. The van der Waals surface area contributed by atoms with Crippen molar-refractivity contribution in [1.29, 1.82) is 0 Å². The SMILES string of the molecule is CC1(C(=O)O)CCCCN1C(=O)c1cccc(F)c1N. The van der Waals surface area contributed by atoms with Gasteiger partial charge in [-0.05, 0) is 38.3 Å².